The van der Waals surface area contributed by atoms with Crippen molar-refractivity contribution >= 4 is 15.9 Å². The van der Waals surface area contributed by atoms with Crippen LogP contribution in [-0.4, -0.2) is 10.2 Å². The fourth-order valence-electron chi connectivity index (χ4n) is 1.41. The number of furan rings is 1. The Kier molecular flexibility index (Phi) is 2.19. The van der Waals surface area contributed by atoms with Gasteiger partial charge in [0, 0.05) is 21.5 Å². The highest BCUT2D eigenvalue weighted by molar-refractivity contribution is 9.10. The monoisotopic (exact) mass is 256 g/mol. The summed E-state index contributed by atoms with van der Waals surface area (Å²) >= 11 is 3.11. The highest BCUT2D eigenvalue weighted by Gasteiger charge is 2.18. The predicted molar refractivity (Wildman–Crippen MR) is 53.9 cm³/mol. The van der Waals surface area contributed by atoms with Crippen molar-refractivity contribution in [3.8, 4) is 11.5 Å². The van der Waals surface area contributed by atoms with Gasteiger partial charge in [0.1, 0.15) is 11.5 Å². The lowest BCUT2D eigenvalue weighted by Crippen LogP contribution is -1.81. The van der Waals surface area contributed by atoms with Crippen molar-refractivity contribution in [1.82, 2.24) is 10.2 Å². The highest BCUT2D eigenvalue weighted by Crippen LogP contribution is 2.30. The minimum absolute atomic E-state index is 0.380. The number of rotatable bonds is 1. The molecule has 0 bridgehead atoms. The summed E-state index contributed by atoms with van der Waals surface area (Å²) < 4.78 is 10.7. The number of hydrogen-bond acceptors (Lipinski definition) is 4. The van der Waals surface area contributed by atoms with Crippen molar-refractivity contribution in [3.05, 3.63) is 21.9 Å². The van der Waals surface area contributed by atoms with Crippen molar-refractivity contribution in [2.24, 2.45) is 0 Å². The Hall–Kier alpha value is -1.10. The Morgan fingerprint density at radius 3 is 2.14 bits per heavy atom. The lowest BCUT2D eigenvalue weighted by Gasteiger charge is -1.91. The first-order valence-electron chi connectivity index (χ1n) is 4.15. The molecule has 4 nitrogen and oxygen atoms in total. The molecule has 0 fully saturated rings. The lowest BCUT2D eigenvalue weighted by atomic mass is 10.1. The molecule has 2 aromatic heterocycles. The van der Waals surface area contributed by atoms with Gasteiger partial charge in [0.15, 0.2) is 0 Å². The van der Waals surface area contributed by atoms with Crippen molar-refractivity contribution in [1.29, 1.82) is 0 Å². The maximum Gasteiger partial charge on any atom is 0.285 e. The SMILES string of the molecule is Cc1oc(C)c(-c2nnc(Br)o2)c1C. The average Bonchev–Trinajstić information content (AvgIpc) is 2.60. The van der Waals surface area contributed by atoms with Gasteiger partial charge in [0.25, 0.3) is 10.7 Å². The van der Waals surface area contributed by atoms with E-state index in [1.165, 1.54) is 0 Å². The first-order chi connectivity index (χ1) is 6.59. The molecule has 2 aromatic rings. The summed E-state index contributed by atoms with van der Waals surface area (Å²) in [6, 6.07) is 0. The van der Waals surface area contributed by atoms with Crippen LogP contribution < -0.4 is 0 Å². The zero-order chi connectivity index (χ0) is 10.3. The molecular weight excluding hydrogens is 248 g/mol. The van der Waals surface area contributed by atoms with Gasteiger partial charge in [0.2, 0.25) is 0 Å². The standard InChI is InChI=1S/C9H9BrN2O2/c1-4-5(2)13-6(3)7(4)8-11-12-9(10)14-8/h1-3H3. The van der Waals surface area contributed by atoms with Gasteiger partial charge in [-0.25, -0.2) is 0 Å². The maximum atomic E-state index is 5.47. The van der Waals surface area contributed by atoms with E-state index in [1.54, 1.807) is 0 Å². The minimum atomic E-state index is 0.380. The second kappa shape index (κ2) is 3.24. The molecule has 0 saturated carbocycles. The quantitative estimate of drug-likeness (QED) is 0.787. The Morgan fingerprint density at radius 2 is 1.71 bits per heavy atom. The van der Waals surface area contributed by atoms with Gasteiger partial charge in [-0.1, -0.05) is 0 Å². The molecule has 0 amide bonds. The van der Waals surface area contributed by atoms with Gasteiger partial charge >= 0.3 is 0 Å². The number of nitrogens with zero attached hydrogens (tertiary/aromatic N) is 2. The summed E-state index contributed by atoms with van der Waals surface area (Å²) in [6.07, 6.45) is 0. The number of hydrogen-bond donors (Lipinski definition) is 0. The van der Waals surface area contributed by atoms with Crippen LogP contribution in [0.2, 0.25) is 0 Å². The van der Waals surface area contributed by atoms with Crippen molar-refractivity contribution in [2.45, 2.75) is 20.8 Å². The van der Waals surface area contributed by atoms with Gasteiger partial charge in [-0.3, -0.25) is 0 Å². The van der Waals surface area contributed by atoms with E-state index in [9.17, 15) is 0 Å². The van der Waals surface area contributed by atoms with Gasteiger partial charge in [0.05, 0.1) is 5.56 Å². The molecule has 0 N–H and O–H groups in total. The lowest BCUT2D eigenvalue weighted by molar-refractivity contribution is 0.499. The third-order valence-electron chi connectivity index (χ3n) is 2.18. The van der Waals surface area contributed by atoms with E-state index in [0.717, 1.165) is 22.6 Å². The topological polar surface area (TPSA) is 52.1 Å². The van der Waals surface area contributed by atoms with Crippen molar-refractivity contribution in [3.63, 3.8) is 0 Å². The fraction of sp³-hybridized carbons (Fsp3) is 0.333. The third-order valence-corrected chi connectivity index (χ3v) is 2.50. The summed E-state index contributed by atoms with van der Waals surface area (Å²) in [4.78, 5) is 0.380. The number of aromatic nitrogens is 2. The highest BCUT2D eigenvalue weighted by atomic mass is 79.9. The second-order valence-electron chi connectivity index (χ2n) is 3.07. The molecular formula is C9H9BrN2O2. The first-order valence-corrected chi connectivity index (χ1v) is 4.95. The smallest absolute Gasteiger partial charge is 0.285 e. The minimum Gasteiger partial charge on any atom is -0.466 e. The van der Waals surface area contributed by atoms with E-state index in [1.807, 2.05) is 20.8 Å². The molecule has 2 rings (SSSR count). The molecule has 0 saturated heterocycles. The van der Waals surface area contributed by atoms with Gasteiger partial charge < -0.3 is 8.83 Å². The van der Waals surface area contributed by atoms with Crippen LogP contribution in [0, 0.1) is 20.8 Å². The van der Waals surface area contributed by atoms with Gasteiger partial charge in [-0.2, -0.15) is 0 Å². The average molecular weight is 257 g/mol. The molecule has 0 aliphatic heterocycles. The number of aryl methyl sites for hydroxylation is 2. The maximum absolute atomic E-state index is 5.47. The van der Waals surface area contributed by atoms with E-state index in [-0.39, 0.29) is 0 Å². The van der Waals surface area contributed by atoms with E-state index in [4.69, 9.17) is 8.83 Å². The normalized spacial score (nSPS) is 10.9. The van der Waals surface area contributed by atoms with Crippen LogP contribution in [0.3, 0.4) is 0 Å². The first kappa shape index (κ1) is 9.45. The summed E-state index contributed by atoms with van der Waals surface area (Å²) in [5.74, 6) is 2.17. The van der Waals surface area contributed by atoms with Crippen LogP contribution in [0.1, 0.15) is 17.1 Å². The molecule has 0 aliphatic carbocycles. The molecule has 0 radical (unpaired) electrons. The van der Waals surface area contributed by atoms with Crippen molar-refractivity contribution < 1.29 is 8.83 Å². The molecule has 0 atom stereocenters. The van der Waals surface area contributed by atoms with Crippen LogP contribution in [0.5, 0.6) is 0 Å². The molecule has 5 heteroatoms. The van der Waals surface area contributed by atoms with Crippen molar-refractivity contribution in [2.75, 3.05) is 0 Å². The molecule has 14 heavy (non-hydrogen) atoms. The Bertz CT molecular complexity index is 473. The summed E-state index contributed by atoms with van der Waals surface area (Å²) in [7, 11) is 0. The Morgan fingerprint density at radius 1 is 1.00 bits per heavy atom. The summed E-state index contributed by atoms with van der Waals surface area (Å²) in [6.45, 7) is 5.77. The third kappa shape index (κ3) is 1.37. The molecule has 2 heterocycles. The zero-order valence-corrected chi connectivity index (χ0v) is 9.67. The van der Waals surface area contributed by atoms with E-state index >= 15 is 0 Å². The van der Waals surface area contributed by atoms with Crippen LogP contribution >= 0.6 is 15.9 Å². The molecule has 0 aliphatic rings. The molecule has 0 aromatic carbocycles. The molecule has 0 spiro atoms. The zero-order valence-electron chi connectivity index (χ0n) is 8.09. The summed E-state index contributed by atoms with van der Waals surface area (Å²) in [5, 5.41) is 7.64. The molecule has 0 unspecified atom stereocenters. The fourth-order valence-corrected chi connectivity index (χ4v) is 1.65. The van der Waals surface area contributed by atoms with E-state index < -0.39 is 0 Å². The Balaban J connectivity index is 2.61. The summed E-state index contributed by atoms with van der Waals surface area (Å²) in [5.41, 5.74) is 1.93. The Labute approximate surface area is 89.4 Å². The van der Waals surface area contributed by atoms with E-state index in [2.05, 4.69) is 26.1 Å². The second-order valence-corrected chi connectivity index (χ2v) is 3.75. The van der Waals surface area contributed by atoms with E-state index in [0.29, 0.717) is 10.7 Å². The van der Waals surface area contributed by atoms with Crippen LogP contribution in [0.15, 0.2) is 13.6 Å². The van der Waals surface area contributed by atoms with Crippen LogP contribution in [-0.2, 0) is 0 Å². The van der Waals surface area contributed by atoms with Gasteiger partial charge in [-0.05, 0) is 20.8 Å². The number of halogens is 1. The predicted octanol–water partition coefficient (Wildman–Crippen LogP) is 3.02. The van der Waals surface area contributed by atoms with Gasteiger partial charge in [-0.15, -0.1) is 10.2 Å². The van der Waals surface area contributed by atoms with Crippen LogP contribution in [0.4, 0.5) is 0 Å². The molecule has 74 valence electrons. The largest absolute Gasteiger partial charge is 0.466 e. The van der Waals surface area contributed by atoms with Crippen LogP contribution in [0.25, 0.3) is 11.5 Å².